The van der Waals surface area contributed by atoms with E-state index in [4.69, 9.17) is 5.73 Å². The molecule has 2 aromatic carbocycles. The number of aryl methyl sites for hydroxylation is 1. The minimum atomic E-state index is -1.30. The molecule has 2 aromatic heterocycles. The minimum absolute atomic E-state index is 0.265. The first-order valence-corrected chi connectivity index (χ1v) is 9.04. The fourth-order valence-electron chi connectivity index (χ4n) is 3.13. The SMILES string of the molecule is Cc1c(F)c(F)cc(NC(=O)Nc2ccc(-n3c(C)nc4c(N)ncnc43)cc2)c1F. The van der Waals surface area contributed by atoms with Crippen LogP contribution in [0, 0.1) is 31.3 Å². The molecule has 0 saturated carbocycles. The lowest BCUT2D eigenvalue weighted by Gasteiger charge is -2.12. The summed E-state index contributed by atoms with van der Waals surface area (Å²) in [6.45, 7) is 2.87. The molecule has 4 rings (SSSR count). The molecule has 0 radical (unpaired) electrons. The molecule has 4 N–H and O–H groups in total. The number of nitrogens with zero attached hydrogens (tertiary/aromatic N) is 4. The smallest absolute Gasteiger partial charge is 0.323 e. The van der Waals surface area contributed by atoms with E-state index in [1.165, 1.54) is 6.33 Å². The van der Waals surface area contributed by atoms with Gasteiger partial charge in [-0.3, -0.25) is 4.57 Å². The third kappa shape index (κ3) is 3.61. The number of anilines is 3. The average molecular weight is 427 g/mol. The number of urea groups is 1. The molecule has 0 fully saturated rings. The van der Waals surface area contributed by atoms with Crippen LogP contribution in [0.1, 0.15) is 11.4 Å². The van der Waals surface area contributed by atoms with Gasteiger partial charge in [-0.2, -0.15) is 0 Å². The number of rotatable bonds is 3. The van der Waals surface area contributed by atoms with Gasteiger partial charge in [0.05, 0.1) is 5.69 Å². The van der Waals surface area contributed by atoms with E-state index < -0.39 is 34.7 Å². The number of hydrogen-bond donors (Lipinski definition) is 3. The van der Waals surface area contributed by atoms with Crippen molar-refractivity contribution in [1.29, 1.82) is 0 Å². The van der Waals surface area contributed by atoms with E-state index in [-0.39, 0.29) is 5.82 Å². The third-order valence-electron chi connectivity index (χ3n) is 4.65. The number of carbonyl (C=O) groups excluding carboxylic acids is 1. The maximum atomic E-state index is 14.1. The number of imidazole rings is 1. The normalized spacial score (nSPS) is 11.0. The highest BCUT2D eigenvalue weighted by atomic mass is 19.2. The molecule has 0 aliphatic rings. The Kier molecular flexibility index (Phi) is 4.93. The highest BCUT2D eigenvalue weighted by molar-refractivity contribution is 6.00. The summed E-state index contributed by atoms with van der Waals surface area (Å²) in [5.74, 6) is -2.70. The van der Waals surface area contributed by atoms with Crippen LogP contribution in [0.15, 0.2) is 36.7 Å². The number of aromatic nitrogens is 4. The highest BCUT2D eigenvalue weighted by Gasteiger charge is 2.17. The van der Waals surface area contributed by atoms with Gasteiger partial charge in [-0.1, -0.05) is 0 Å². The van der Waals surface area contributed by atoms with E-state index in [9.17, 15) is 18.0 Å². The standard InChI is InChI=1S/C20H16F3N7O/c1-9-15(22)13(21)7-14(16(9)23)29-20(31)28-11-3-5-12(6-4-11)30-10(2)27-17-18(24)25-8-26-19(17)30/h3-8H,1-2H3,(H2,24,25,26)(H2,28,29,31). The van der Waals surface area contributed by atoms with Crippen LogP contribution in [-0.2, 0) is 0 Å². The Morgan fingerprint density at radius 3 is 2.45 bits per heavy atom. The maximum absolute atomic E-state index is 14.1. The second-order valence-electron chi connectivity index (χ2n) is 6.71. The van der Waals surface area contributed by atoms with Crippen LogP contribution in [0.4, 0.5) is 35.2 Å². The molecule has 0 bridgehead atoms. The highest BCUT2D eigenvalue weighted by Crippen LogP contribution is 2.25. The zero-order valence-electron chi connectivity index (χ0n) is 16.4. The van der Waals surface area contributed by atoms with Crippen LogP contribution in [-0.4, -0.2) is 25.6 Å². The fraction of sp³-hybridized carbons (Fsp3) is 0.100. The summed E-state index contributed by atoms with van der Waals surface area (Å²) in [5, 5.41) is 4.67. The Labute approximate surface area is 173 Å². The summed E-state index contributed by atoms with van der Waals surface area (Å²) in [4.78, 5) is 24.7. The molecule has 0 spiro atoms. The van der Waals surface area contributed by atoms with Crippen molar-refractivity contribution in [2.24, 2.45) is 0 Å². The van der Waals surface area contributed by atoms with Crippen molar-refractivity contribution >= 4 is 34.4 Å². The first kappa shape index (κ1) is 20.1. The van der Waals surface area contributed by atoms with E-state index in [1.54, 1.807) is 35.8 Å². The summed E-state index contributed by atoms with van der Waals surface area (Å²) < 4.78 is 42.7. The lowest BCUT2D eigenvalue weighted by atomic mass is 10.2. The van der Waals surface area contributed by atoms with Gasteiger partial charge < -0.3 is 16.4 Å². The van der Waals surface area contributed by atoms with Crippen LogP contribution in [0.2, 0.25) is 0 Å². The Balaban J connectivity index is 1.54. The quantitative estimate of drug-likeness (QED) is 0.427. The zero-order valence-corrected chi connectivity index (χ0v) is 16.4. The van der Waals surface area contributed by atoms with Gasteiger partial charge in [0.15, 0.2) is 34.4 Å². The first-order chi connectivity index (χ1) is 14.8. The molecule has 8 nitrogen and oxygen atoms in total. The number of amides is 2. The summed E-state index contributed by atoms with van der Waals surface area (Å²) in [6, 6.07) is 6.41. The molecule has 31 heavy (non-hydrogen) atoms. The Bertz CT molecular complexity index is 1320. The number of halogens is 3. The molecule has 4 aromatic rings. The van der Waals surface area contributed by atoms with Gasteiger partial charge in [0.25, 0.3) is 0 Å². The van der Waals surface area contributed by atoms with E-state index in [0.717, 1.165) is 6.92 Å². The number of hydrogen-bond acceptors (Lipinski definition) is 5. The van der Waals surface area contributed by atoms with Gasteiger partial charge >= 0.3 is 6.03 Å². The molecule has 158 valence electrons. The second-order valence-corrected chi connectivity index (χ2v) is 6.71. The number of nitrogens with one attached hydrogen (secondary N) is 2. The molecule has 0 unspecified atom stereocenters. The van der Waals surface area contributed by atoms with Gasteiger partial charge in [0.2, 0.25) is 0 Å². The van der Waals surface area contributed by atoms with Crippen molar-refractivity contribution in [3.63, 3.8) is 0 Å². The summed E-state index contributed by atoms with van der Waals surface area (Å²) in [6.07, 6.45) is 1.34. The molecule has 2 heterocycles. The van der Waals surface area contributed by atoms with Crippen molar-refractivity contribution in [2.45, 2.75) is 13.8 Å². The molecular formula is C20H16F3N7O. The number of nitrogens with two attached hydrogens (primary N) is 1. The number of nitrogen functional groups attached to an aromatic ring is 1. The van der Waals surface area contributed by atoms with E-state index in [0.29, 0.717) is 34.4 Å². The maximum Gasteiger partial charge on any atom is 0.323 e. The van der Waals surface area contributed by atoms with Crippen molar-refractivity contribution < 1.29 is 18.0 Å². The average Bonchev–Trinajstić information content (AvgIpc) is 3.08. The number of fused-ring (bicyclic) bond motifs is 1. The number of benzene rings is 2. The third-order valence-corrected chi connectivity index (χ3v) is 4.65. The van der Waals surface area contributed by atoms with Crippen LogP contribution in [0.3, 0.4) is 0 Å². The van der Waals surface area contributed by atoms with E-state index >= 15 is 0 Å². The van der Waals surface area contributed by atoms with Gasteiger partial charge in [-0.15, -0.1) is 0 Å². The lowest BCUT2D eigenvalue weighted by molar-refractivity contribution is 0.262. The lowest BCUT2D eigenvalue weighted by Crippen LogP contribution is -2.20. The Hall–Kier alpha value is -4.15. The monoisotopic (exact) mass is 427 g/mol. The van der Waals surface area contributed by atoms with Crippen molar-refractivity contribution in [2.75, 3.05) is 16.4 Å². The summed E-state index contributed by atoms with van der Waals surface area (Å²) in [7, 11) is 0. The Morgan fingerprint density at radius 2 is 1.74 bits per heavy atom. The predicted molar refractivity (Wildman–Crippen MR) is 110 cm³/mol. The minimum Gasteiger partial charge on any atom is -0.382 e. The largest absolute Gasteiger partial charge is 0.382 e. The fourth-order valence-corrected chi connectivity index (χ4v) is 3.13. The van der Waals surface area contributed by atoms with Gasteiger partial charge in [0, 0.05) is 23.0 Å². The Morgan fingerprint density at radius 1 is 1.03 bits per heavy atom. The molecular weight excluding hydrogens is 411 g/mol. The van der Waals surface area contributed by atoms with Crippen LogP contribution >= 0.6 is 0 Å². The molecule has 0 aliphatic heterocycles. The van der Waals surface area contributed by atoms with Crippen molar-refractivity contribution in [1.82, 2.24) is 19.5 Å². The predicted octanol–water partition coefficient (Wildman–Crippen LogP) is 4.08. The topological polar surface area (TPSA) is 111 Å². The number of carbonyl (C=O) groups is 1. The van der Waals surface area contributed by atoms with Crippen LogP contribution in [0.5, 0.6) is 0 Å². The van der Waals surface area contributed by atoms with Crippen molar-refractivity contribution in [3.8, 4) is 5.69 Å². The summed E-state index contributed by atoms with van der Waals surface area (Å²) >= 11 is 0. The first-order valence-electron chi connectivity index (χ1n) is 9.04. The van der Waals surface area contributed by atoms with Crippen LogP contribution in [0.25, 0.3) is 16.9 Å². The molecule has 2 amide bonds. The van der Waals surface area contributed by atoms with Gasteiger partial charge in [0.1, 0.15) is 12.2 Å². The van der Waals surface area contributed by atoms with Crippen LogP contribution < -0.4 is 16.4 Å². The summed E-state index contributed by atoms with van der Waals surface area (Å²) in [5.41, 5.74) is 6.97. The van der Waals surface area contributed by atoms with E-state index in [2.05, 4.69) is 25.6 Å². The van der Waals surface area contributed by atoms with Crippen molar-refractivity contribution in [3.05, 3.63) is 65.5 Å². The molecule has 0 saturated heterocycles. The van der Waals surface area contributed by atoms with Gasteiger partial charge in [-0.05, 0) is 38.1 Å². The molecule has 11 heteroatoms. The van der Waals surface area contributed by atoms with E-state index in [1.807, 2.05) is 0 Å². The zero-order chi connectivity index (χ0) is 22.3. The second kappa shape index (κ2) is 7.59. The molecule has 0 atom stereocenters. The van der Waals surface area contributed by atoms with Gasteiger partial charge in [-0.25, -0.2) is 32.9 Å². The molecule has 0 aliphatic carbocycles.